The summed E-state index contributed by atoms with van der Waals surface area (Å²) in [5, 5.41) is 9.08. The Labute approximate surface area is 137 Å². The molecule has 0 aliphatic carbocycles. The van der Waals surface area contributed by atoms with E-state index in [1.807, 2.05) is 0 Å². The maximum Gasteiger partial charge on any atom is 0.331 e. The average molecular weight is 332 g/mol. The number of esters is 1. The Morgan fingerprint density at radius 1 is 1.29 bits per heavy atom. The van der Waals surface area contributed by atoms with Gasteiger partial charge in [0.2, 0.25) is 5.43 Å². The highest BCUT2D eigenvalue weighted by atomic mass is 16.5. The van der Waals surface area contributed by atoms with Crippen LogP contribution in [0.25, 0.3) is 6.08 Å². The predicted octanol–water partition coefficient (Wildman–Crippen LogP) is 2.12. The first-order valence-corrected chi connectivity index (χ1v) is 6.91. The molecule has 0 spiro atoms. The molecular weight excluding hydrogens is 316 g/mol. The van der Waals surface area contributed by atoms with Gasteiger partial charge in [-0.1, -0.05) is 12.1 Å². The molecule has 0 unspecified atom stereocenters. The van der Waals surface area contributed by atoms with Crippen molar-refractivity contribution in [2.24, 2.45) is 0 Å². The van der Waals surface area contributed by atoms with Crippen LogP contribution in [-0.2, 0) is 16.1 Å². The Bertz CT molecular complexity index is 805. The molecule has 7 heteroatoms. The number of para-hydroxylation sites is 1. The summed E-state index contributed by atoms with van der Waals surface area (Å²) in [6, 6.07) is 6.31. The molecule has 2 aromatic rings. The smallest absolute Gasteiger partial charge is 0.331 e. The van der Waals surface area contributed by atoms with E-state index in [-0.39, 0.29) is 12.4 Å². The molecule has 7 nitrogen and oxygen atoms in total. The monoisotopic (exact) mass is 332 g/mol. The first-order valence-electron chi connectivity index (χ1n) is 6.91. The third-order valence-corrected chi connectivity index (χ3v) is 3.06. The van der Waals surface area contributed by atoms with Crippen LogP contribution in [0.4, 0.5) is 0 Å². The maximum absolute atomic E-state index is 11.7. The lowest BCUT2D eigenvalue weighted by atomic mass is 10.1. The second-order valence-electron chi connectivity index (χ2n) is 4.62. The minimum absolute atomic E-state index is 0.124. The third-order valence-electron chi connectivity index (χ3n) is 3.06. The van der Waals surface area contributed by atoms with Gasteiger partial charge in [-0.15, -0.1) is 0 Å². The van der Waals surface area contributed by atoms with Gasteiger partial charge in [0.05, 0.1) is 14.2 Å². The van der Waals surface area contributed by atoms with Crippen LogP contribution in [-0.4, -0.2) is 25.3 Å². The Morgan fingerprint density at radius 3 is 2.75 bits per heavy atom. The van der Waals surface area contributed by atoms with E-state index >= 15 is 0 Å². The number of hydrogen-bond acceptors (Lipinski definition) is 7. The number of carbonyl (C=O) groups is 1. The molecule has 1 aromatic carbocycles. The van der Waals surface area contributed by atoms with Crippen molar-refractivity contribution in [3.63, 3.8) is 0 Å². The molecule has 0 saturated heterocycles. The average Bonchev–Trinajstić information content (AvgIpc) is 2.60. The van der Waals surface area contributed by atoms with Gasteiger partial charge in [-0.3, -0.25) is 4.79 Å². The highest BCUT2D eigenvalue weighted by molar-refractivity contribution is 5.87. The van der Waals surface area contributed by atoms with Gasteiger partial charge in [0.1, 0.15) is 18.6 Å². The fourth-order valence-corrected chi connectivity index (χ4v) is 1.91. The van der Waals surface area contributed by atoms with E-state index in [4.69, 9.17) is 23.7 Å². The lowest BCUT2D eigenvalue weighted by Crippen LogP contribution is -2.04. The standard InChI is InChI=1S/C17H16O7/c1-21-15-5-3-4-11(17(15)22-2)6-7-16(20)24-9-12-8-13(18)14(19)10-23-12/h3-8,10,19H,9H2,1-2H3/b7-6+. The Kier molecular flexibility index (Phi) is 5.62. The molecule has 0 bridgehead atoms. The van der Waals surface area contributed by atoms with E-state index in [2.05, 4.69) is 0 Å². The summed E-state index contributed by atoms with van der Waals surface area (Å²) in [7, 11) is 3.02. The van der Waals surface area contributed by atoms with E-state index in [0.717, 1.165) is 12.3 Å². The SMILES string of the molecule is COc1cccc(/C=C/C(=O)OCc2cc(=O)c(O)co2)c1OC. The molecular formula is C17H16O7. The summed E-state index contributed by atoms with van der Waals surface area (Å²) in [5.74, 6) is 0.0247. The van der Waals surface area contributed by atoms with Crippen molar-refractivity contribution in [1.29, 1.82) is 0 Å². The molecule has 1 N–H and O–H groups in total. The number of carbonyl (C=O) groups excluding carboxylic acids is 1. The summed E-state index contributed by atoms with van der Waals surface area (Å²) >= 11 is 0. The van der Waals surface area contributed by atoms with Crippen LogP contribution in [0.1, 0.15) is 11.3 Å². The molecule has 0 aliphatic heterocycles. The van der Waals surface area contributed by atoms with Gasteiger partial charge >= 0.3 is 5.97 Å². The summed E-state index contributed by atoms with van der Waals surface area (Å²) in [5.41, 5.74) is 0.0360. The summed E-state index contributed by atoms with van der Waals surface area (Å²) < 4.78 is 20.3. The summed E-state index contributed by atoms with van der Waals surface area (Å²) in [4.78, 5) is 23.0. The fourth-order valence-electron chi connectivity index (χ4n) is 1.91. The molecule has 0 atom stereocenters. The Morgan fingerprint density at radius 2 is 2.08 bits per heavy atom. The van der Waals surface area contributed by atoms with E-state index in [0.29, 0.717) is 17.1 Å². The summed E-state index contributed by atoms with van der Waals surface area (Å²) in [6.45, 7) is -0.228. The van der Waals surface area contributed by atoms with Gasteiger partial charge in [-0.2, -0.15) is 0 Å². The quantitative estimate of drug-likeness (QED) is 0.639. The van der Waals surface area contributed by atoms with Crippen molar-refractivity contribution < 1.29 is 28.5 Å². The van der Waals surface area contributed by atoms with Crippen LogP contribution < -0.4 is 14.9 Å². The molecule has 0 saturated carbocycles. The molecule has 24 heavy (non-hydrogen) atoms. The molecule has 1 heterocycles. The van der Waals surface area contributed by atoms with Crippen molar-refractivity contribution in [2.75, 3.05) is 14.2 Å². The number of hydrogen-bond donors (Lipinski definition) is 1. The number of methoxy groups -OCH3 is 2. The molecule has 0 fully saturated rings. The van der Waals surface area contributed by atoms with Gasteiger partial charge in [-0.25, -0.2) is 4.79 Å². The Balaban J connectivity index is 2.03. The number of ether oxygens (including phenoxy) is 3. The van der Waals surface area contributed by atoms with E-state index < -0.39 is 17.1 Å². The second-order valence-corrected chi connectivity index (χ2v) is 4.62. The lowest BCUT2D eigenvalue weighted by molar-refractivity contribution is -0.139. The van der Waals surface area contributed by atoms with E-state index in [9.17, 15) is 9.59 Å². The van der Waals surface area contributed by atoms with Crippen molar-refractivity contribution >= 4 is 12.0 Å². The zero-order chi connectivity index (χ0) is 17.5. The van der Waals surface area contributed by atoms with Crippen LogP contribution in [0.5, 0.6) is 17.2 Å². The van der Waals surface area contributed by atoms with Crippen molar-refractivity contribution in [2.45, 2.75) is 6.61 Å². The van der Waals surface area contributed by atoms with Crippen LogP contribution in [0.2, 0.25) is 0 Å². The minimum atomic E-state index is -0.629. The normalized spacial score (nSPS) is 10.6. The van der Waals surface area contributed by atoms with E-state index in [1.54, 1.807) is 18.2 Å². The third kappa shape index (κ3) is 4.16. The number of benzene rings is 1. The zero-order valence-corrected chi connectivity index (χ0v) is 13.1. The van der Waals surface area contributed by atoms with Gasteiger partial charge in [0.25, 0.3) is 0 Å². The van der Waals surface area contributed by atoms with Gasteiger partial charge < -0.3 is 23.7 Å². The first kappa shape index (κ1) is 17.1. The second kappa shape index (κ2) is 7.87. The molecule has 0 amide bonds. The van der Waals surface area contributed by atoms with Gasteiger partial charge in [0.15, 0.2) is 17.2 Å². The van der Waals surface area contributed by atoms with Crippen LogP contribution >= 0.6 is 0 Å². The van der Waals surface area contributed by atoms with E-state index in [1.165, 1.54) is 26.4 Å². The summed E-state index contributed by atoms with van der Waals surface area (Å²) in [6.07, 6.45) is 3.63. The van der Waals surface area contributed by atoms with Crippen molar-refractivity contribution in [3.05, 3.63) is 58.2 Å². The highest BCUT2D eigenvalue weighted by Gasteiger charge is 2.08. The molecule has 2 rings (SSSR count). The van der Waals surface area contributed by atoms with Crippen LogP contribution in [0.15, 0.2) is 45.8 Å². The molecule has 0 aliphatic rings. The first-order chi connectivity index (χ1) is 11.5. The molecule has 126 valence electrons. The van der Waals surface area contributed by atoms with Gasteiger partial charge in [-0.05, 0) is 12.1 Å². The Hall–Kier alpha value is -3.22. The molecule has 0 radical (unpaired) electrons. The van der Waals surface area contributed by atoms with Crippen LogP contribution in [0, 0.1) is 0 Å². The van der Waals surface area contributed by atoms with Crippen molar-refractivity contribution in [3.8, 4) is 17.2 Å². The highest BCUT2D eigenvalue weighted by Crippen LogP contribution is 2.31. The predicted molar refractivity (Wildman–Crippen MR) is 85.0 cm³/mol. The number of aromatic hydroxyl groups is 1. The largest absolute Gasteiger partial charge is 0.502 e. The van der Waals surface area contributed by atoms with Crippen LogP contribution in [0.3, 0.4) is 0 Å². The minimum Gasteiger partial charge on any atom is -0.502 e. The van der Waals surface area contributed by atoms with Gasteiger partial charge in [0, 0.05) is 17.7 Å². The van der Waals surface area contributed by atoms with Crippen molar-refractivity contribution in [1.82, 2.24) is 0 Å². The molecule has 1 aromatic heterocycles. The fraction of sp³-hybridized carbons (Fsp3) is 0.176. The zero-order valence-electron chi connectivity index (χ0n) is 13.1. The maximum atomic E-state index is 11.7. The topological polar surface area (TPSA) is 95.2 Å². The number of rotatable bonds is 6. The lowest BCUT2D eigenvalue weighted by Gasteiger charge is -2.09.